The van der Waals surface area contributed by atoms with Crippen molar-refractivity contribution in [3.05, 3.63) is 35.5 Å². The lowest BCUT2D eigenvalue weighted by Gasteiger charge is -2.29. The molecular formula is C18H24N2O. The molecule has 1 N–H and O–H groups in total. The highest BCUT2D eigenvalue weighted by molar-refractivity contribution is 5.66. The van der Waals surface area contributed by atoms with E-state index in [1.165, 1.54) is 29.7 Å². The number of benzene rings is 1. The van der Waals surface area contributed by atoms with Crippen LogP contribution in [0.2, 0.25) is 0 Å². The molecule has 3 rings (SSSR count). The van der Waals surface area contributed by atoms with Crippen LogP contribution in [-0.2, 0) is 0 Å². The van der Waals surface area contributed by atoms with Gasteiger partial charge in [-0.2, -0.15) is 5.10 Å². The smallest absolute Gasteiger partial charge is 0.118 e. The standard InChI is InChI=1S/C18H24N2O/c1-11(2)15-10-5-12(3)16-17(19-20-18(15)16)13-6-8-14(21-4)9-7-13/h6-9,11-12,15H,5,10H2,1-4H3,(H,19,20)/t12-,15-/m1/s1. The van der Waals surface area contributed by atoms with Crippen LogP contribution in [0.5, 0.6) is 5.75 Å². The van der Waals surface area contributed by atoms with Crippen LogP contribution in [0, 0.1) is 5.92 Å². The molecule has 21 heavy (non-hydrogen) atoms. The van der Waals surface area contributed by atoms with Crippen molar-refractivity contribution in [1.29, 1.82) is 0 Å². The Balaban J connectivity index is 2.04. The minimum absolute atomic E-state index is 0.575. The summed E-state index contributed by atoms with van der Waals surface area (Å²) in [5, 5.41) is 7.97. The van der Waals surface area contributed by atoms with Crippen molar-refractivity contribution < 1.29 is 4.74 Å². The number of H-pyrrole nitrogens is 1. The molecule has 1 aliphatic rings. The quantitative estimate of drug-likeness (QED) is 0.885. The van der Waals surface area contributed by atoms with Crippen molar-refractivity contribution in [2.75, 3.05) is 7.11 Å². The average molecular weight is 284 g/mol. The third kappa shape index (κ3) is 2.45. The van der Waals surface area contributed by atoms with Crippen molar-refractivity contribution >= 4 is 0 Å². The van der Waals surface area contributed by atoms with Crippen molar-refractivity contribution in [3.8, 4) is 17.0 Å². The Labute approximate surface area is 126 Å². The summed E-state index contributed by atoms with van der Waals surface area (Å²) in [5.74, 6) is 2.72. The minimum Gasteiger partial charge on any atom is -0.497 e. The third-order valence-electron chi connectivity index (χ3n) is 4.78. The number of ether oxygens (including phenoxy) is 1. The third-order valence-corrected chi connectivity index (χ3v) is 4.78. The van der Waals surface area contributed by atoms with Crippen LogP contribution in [0.3, 0.4) is 0 Å². The highest BCUT2D eigenvalue weighted by Crippen LogP contribution is 2.44. The van der Waals surface area contributed by atoms with E-state index in [1.54, 1.807) is 7.11 Å². The first-order valence-electron chi connectivity index (χ1n) is 7.84. The van der Waals surface area contributed by atoms with Gasteiger partial charge in [-0.3, -0.25) is 5.10 Å². The Bertz CT molecular complexity index is 613. The molecule has 1 aromatic heterocycles. The maximum atomic E-state index is 5.24. The van der Waals surface area contributed by atoms with Crippen molar-refractivity contribution in [2.24, 2.45) is 5.92 Å². The lowest BCUT2D eigenvalue weighted by Crippen LogP contribution is -2.16. The van der Waals surface area contributed by atoms with E-state index >= 15 is 0 Å². The van der Waals surface area contributed by atoms with E-state index in [2.05, 4.69) is 43.1 Å². The Morgan fingerprint density at radius 3 is 2.52 bits per heavy atom. The largest absolute Gasteiger partial charge is 0.497 e. The summed E-state index contributed by atoms with van der Waals surface area (Å²) in [6.45, 7) is 6.93. The van der Waals surface area contributed by atoms with E-state index in [9.17, 15) is 0 Å². The topological polar surface area (TPSA) is 37.9 Å². The molecular weight excluding hydrogens is 260 g/mol. The summed E-state index contributed by atoms with van der Waals surface area (Å²) in [6.07, 6.45) is 2.51. The van der Waals surface area contributed by atoms with E-state index in [0.29, 0.717) is 17.8 Å². The molecule has 1 aromatic carbocycles. The summed E-state index contributed by atoms with van der Waals surface area (Å²) >= 11 is 0. The van der Waals surface area contributed by atoms with Crippen molar-refractivity contribution in [3.63, 3.8) is 0 Å². The Morgan fingerprint density at radius 2 is 1.90 bits per heavy atom. The first-order valence-corrected chi connectivity index (χ1v) is 7.84. The Morgan fingerprint density at radius 1 is 1.19 bits per heavy atom. The number of nitrogens with one attached hydrogen (secondary N) is 1. The number of aromatic nitrogens is 2. The fourth-order valence-corrected chi connectivity index (χ4v) is 3.50. The summed E-state index contributed by atoms with van der Waals surface area (Å²) in [4.78, 5) is 0. The van der Waals surface area contributed by atoms with Gasteiger partial charge in [0.15, 0.2) is 0 Å². The summed E-state index contributed by atoms with van der Waals surface area (Å²) < 4.78 is 5.24. The molecule has 0 saturated heterocycles. The first-order chi connectivity index (χ1) is 10.1. The zero-order valence-corrected chi connectivity index (χ0v) is 13.3. The average Bonchev–Trinajstić information content (AvgIpc) is 2.93. The fourth-order valence-electron chi connectivity index (χ4n) is 3.50. The predicted molar refractivity (Wildman–Crippen MR) is 85.8 cm³/mol. The van der Waals surface area contributed by atoms with Crippen LogP contribution in [0.25, 0.3) is 11.3 Å². The van der Waals surface area contributed by atoms with Gasteiger partial charge in [0.05, 0.1) is 12.8 Å². The lowest BCUT2D eigenvalue weighted by molar-refractivity contribution is 0.403. The van der Waals surface area contributed by atoms with E-state index in [1.807, 2.05) is 12.1 Å². The molecule has 3 heteroatoms. The number of methoxy groups -OCH3 is 1. The van der Waals surface area contributed by atoms with Gasteiger partial charge in [-0.15, -0.1) is 0 Å². The molecule has 0 aliphatic heterocycles. The van der Waals surface area contributed by atoms with Gasteiger partial charge in [0.25, 0.3) is 0 Å². The SMILES string of the molecule is COc1ccc(-c2n[nH]c3c2[C@H](C)CC[C@@H]3C(C)C)cc1. The molecule has 2 atom stereocenters. The monoisotopic (exact) mass is 284 g/mol. The van der Waals surface area contributed by atoms with E-state index in [0.717, 1.165) is 11.4 Å². The van der Waals surface area contributed by atoms with Gasteiger partial charge >= 0.3 is 0 Å². The second-order valence-electron chi connectivity index (χ2n) is 6.46. The summed E-state index contributed by atoms with van der Waals surface area (Å²) in [6, 6.07) is 8.20. The highest BCUT2D eigenvalue weighted by Gasteiger charge is 2.31. The maximum absolute atomic E-state index is 5.24. The van der Waals surface area contributed by atoms with Crippen molar-refractivity contribution in [1.82, 2.24) is 10.2 Å². The fraction of sp³-hybridized carbons (Fsp3) is 0.500. The summed E-state index contributed by atoms with van der Waals surface area (Å²) in [7, 11) is 1.70. The second kappa shape index (κ2) is 5.55. The van der Waals surface area contributed by atoms with E-state index in [4.69, 9.17) is 4.74 Å². The molecule has 1 aliphatic carbocycles. The molecule has 0 fully saturated rings. The Kier molecular flexibility index (Phi) is 3.75. The van der Waals surface area contributed by atoms with Crippen LogP contribution in [0.1, 0.15) is 56.7 Å². The molecule has 1 heterocycles. The van der Waals surface area contributed by atoms with Crippen LogP contribution >= 0.6 is 0 Å². The van der Waals surface area contributed by atoms with E-state index in [-0.39, 0.29) is 0 Å². The second-order valence-corrected chi connectivity index (χ2v) is 6.46. The maximum Gasteiger partial charge on any atom is 0.118 e. The predicted octanol–water partition coefficient (Wildman–Crippen LogP) is 4.72. The number of nitrogens with zero attached hydrogens (tertiary/aromatic N) is 1. The number of hydrogen-bond donors (Lipinski definition) is 1. The zero-order chi connectivity index (χ0) is 15.0. The molecule has 3 nitrogen and oxygen atoms in total. The van der Waals surface area contributed by atoms with Gasteiger partial charge in [0, 0.05) is 22.7 Å². The summed E-state index contributed by atoms with van der Waals surface area (Å²) in [5.41, 5.74) is 5.06. The molecule has 0 unspecified atom stereocenters. The highest BCUT2D eigenvalue weighted by atomic mass is 16.5. The van der Waals surface area contributed by atoms with Crippen LogP contribution < -0.4 is 4.74 Å². The molecule has 112 valence electrons. The van der Waals surface area contributed by atoms with Crippen LogP contribution in [-0.4, -0.2) is 17.3 Å². The van der Waals surface area contributed by atoms with Crippen LogP contribution in [0.4, 0.5) is 0 Å². The van der Waals surface area contributed by atoms with E-state index < -0.39 is 0 Å². The molecule has 0 radical (unpaired) electrons. The van der Waals surface area contributed by atoms with Crippen LogP contribution in [0.15, 0.2) is 24.3 Å². The molecule has 2 aromatic rings. The Hall–Kier alpha value is -1.77. The first kappa shape index (κ1) is 14.2. The minimum atomic E-state index is 0.575. The number of hydrogen-bond acceptors (Lipinski definition) is 2. The van der Waals surface area contributed by atoms with Gasteiger partial charge < -0.3 is 4.74 Å². The van der Waals surface area contributed by atoms with Gasteiger partial charge in [-0.25, -0.2) is 0 Å². The van der Waals surface area contributed by atoms with Crippen molar-refractivity contribution in [2.45, 2.75) is 45.4 Å². The number of aromatic amines is 1. The lowest BCUT2D eigenvalue weighted by atomic mass is 9.75. The molecule has 0 saturated carbocycles. The normalized spacial score (nSPS) is 21.4. The van der Waals surface area contributed by atoms with Gasteiger partial charge in [0.1, 0.15) is 5.75 Å². The van der Waals surface area contributed by atoms with Gasteiger partial charge in [0.2, 0.25) is 0 Å². The molecule has 0 bridgehead atoms. The number of rotatable bonds is 3. The molecule has 0 amide bonds. The van der Waals surface area contributed by atoms with Gasteiger partial charge in [-0.1, -0.05) is 20.8 Å². The number of fused-ring (bicyclic) bond motifs is 1. The zero-order valence-electron chi connectivity index (χ0n) is 13.3. The van der Waals surface area contributed by atoms with Gasteiger partial charge in [-0.05, 0) is 48.9 Å². The molecule has 0 spiro atoms.